The quantitative estimate of drug-likeness (QED) is 0.444. The zero-order valence-electron chi connectivity index (χ0n) is 14.8. The van der Waals surface area contributed by atoms with Gasteiger partial charge < -0.3 is 5.11 Å². The van der Waals surface area contributed by atoms with Crippen molar-refractivity contribution in [1.29, 1.82) is 0 Å². The molecule has 5 rings (SSSR count). The number of halogens is 1. The highest BCUT2D eigenvalue weighted by Crippen LogP contribution is 2.57. The highest BCUT2D eigenvalue weighted by molar-refractivity contribution is 9.10. The highest BCUT2D eigenvalue weighted by atomic mass is 79.9. The van der Waals surface area contributed by atoms with Crippen LogP contribution in [0.2, 0.25) is 0 Å². The lowest BCUT2D eigenvalue weighted by Crippen LogP contribution is -2.47. The minimum absolute atomic E-state index is 0.0686. The van der Waals surface area contributed by atoms with E-state index in [0.29, 0.717) is 17.8 Å². The number of fused-ring (bicyclic) bond motifs is 1. The minimum Gasteiger partial charge on any atom is -0.871 e. The van der Waals surface area contributed by atoms with Gasteiger partial charge in [-0.15, -0.1) is 0 Å². The van der Waals surface area contributed by atoms with Crippen LogP contribution in [0.5, 0.6) is 5.75 Å². The van der Waals surface area contributed by atoms with E-state index in [1.54, 1.807) is 0 Å². The predicted octanol–water partition coefficient (Wildman–Crippen LogP) is 3.49. The van der Waals surface area contributed by atoms with E-state index in [1.807, 2.05) is 0 Å². The van der Waals surface area contributed by atoms with Crippen molar-refractivity contribution >= 4 is 33.7 Å². The first-order valence-electron chi connectivity index (χ1n) is 9.35. The second-order valence-electron chi connectivity index (χ2n) is 8.34. The Kier molecular flexibility index (Phi) is 4.70. The summed E-state index contributed by atoms with van der Waals surface area (Å²) in [5.74, 6) is 1.43. The fourth-order valence-electron chi connectivity index (χ4n) is 5.55. The van der Waals surface area contributed by atoms with Crippen LogP contribution in [0.4, 0.5) is 5.69 Å². The van der Waals surface area contributed by atoms with Crippen LogP contribution < -0.4 is 10.5 Å². The summed E-state index contributed by atoms with van der Waals surface area (Å²) in [5, 5.41) is 27.0. The van der Waals surface area contributed by atoms with Gasteiger partial charge in [0.15, 0.2) is 0 Å². The highest BCUT2D eigenvalue weighted by Gasteiger charge is 2.52. The standard InChI is InChI=1S/C19H22BrN3O4/c20-16-6-15(23(26)27)5-14(17(16)24)10-21-22-18(25)19-7-11-1-2-12(8-19)4-13(3-11)9-19/h5-6,10-13,24H,1-4,7-9H2,(H,22,25)/p-1/b21-10-/t11-,12+,13?,19?. The second-order valence-corrected chi connectivity index (χ2v) is 9.20. The molecular weight excluding hydrogens is 414 g/mol. The number of nitrogens with one attached hydrogen (secondary N) is 1. The lowest BCUT2D eigenvalue weighted by molar-refractivity contribution is -0.385. The van der Waals surface area contributed by atoms with Crippen LogP contribution in [0.15, 0.2) is 21.7 Å². The number of amides is 1. The first-order chi connectivity index (χ1) is 12.9. The molecule has 4 bridgehead atoms. The Balaban J connectivity index is 1.51. The van der Waals surface area contributed by atoms with Crippen LogP contribution in [0, 0.1) is 33.3 Å². The maximum absolute atomic E-state index is 12.9. The van der Waals surface area contributed by atoms with Gasteiger partial charge in [-0.3, -0.25) is 14.9 Å². The summed E-state index contributed by atoms with van der Waals surface area (Å²) < 4.78 is 0.0991. The average molecular weight is 435 g/mol. The van der Waals surface area contributed by atoms with Crippen molar-refractivity contribution in [3.63, 3.8) is 0 Å². The summed E-state index contributed by atoms with van der Waals surface area (Å²) in [6, 6.07) is 2.33. The van der Waals surface area contributed by atoms with Crippen LogP contribution >= 0.6 is 15.9 Å². The number of hydrazone groups is 1. The van der Waals surface area contributed by atoms with Crippen molar-refractivity contribution in [2.45, 2.75) is 44.9 Å². The maximum atomic E-state index is 12.9. The van der Waals surface area contributed by atoms with Crippen molar-refractivity contribution < 1.29 is 14.8 Å². The summed E-state index contributed by atoms with van der Waals surface area (Å²) in [5.41, 5.74) is 2.15. The zero-order valence-corrected chi connectivity index (χ0v) is 16.4. The fraction of sp³-hybridized carbons (Fsp3) is 0.579. The van der Waals surface area contributed by atoms with E-state index in [0.717, 1.165) is 25.3 Å². The summed E-state index contributed by atoms with van der Waals surface area (Å²) in [6.07, 6.45) is 8.92. The van der Waals surface area contributed by atoms with E-state index >= 15 is 0 Å². The number of rotatable bonds is 4. The fourth-order valence-corrected chi connectivity index (χ4v) is 6.01. The van der Waals surface area contributed by atoms with Crippen molar-refractivity contribution in [2.75, 3.05) is 0 Å². The molecule has 2 unspecified atom stereocenters. The Morgan fingerprint density at radius 2 is 1.85 bits per heavy atom. The van der Waals surface area contributed by atoms with Gasteiger partial charge in [0.2, 0.25) is 5.91 Å². The van der Waals surface area contributed by atoms with E-state index in [1.165, 1.54) is 38.0 Å². The van der Waals surface area contributed by atoms with Crippen LogP contribution in [0.1, 0.15) is 50.5 Å². The topological polar surface area (TPSA) is 108 Å². The Morgan fingerprint density at radius 3 is 2.48 bits per heavy atom. The molecule has 7 nitrogen and oxygen atoms in total. The van der Waals surface area contributed by atoms with Gasteiger partial charge in [-0.05, 0) is 55.4 Å². The molecule has 0 heterocycles. The number of nitro groups is 1. The molecule has 1 aromatic carbocycles. The van der Waals surface area contributed by atoms with Crippen LogP contribution in [-0.4, -0.2) is 17.0 Å². The molecule has 0 saturated heterocycles. The number of carbonyl (C=O) groups is 1. The van der Waals surface area contributed by atoms with E-state index in [2.05, 4.69) is 26.5 Å². The van der Waals surface area contributed by atoms with E-state index in [4.69, 9.17) is 0 Å². The number of benzene rings is 1. The molecule has 0 aliphatic heterocycles. The van der Waals surface area contributed by atoms with Gasteiger partial charge in [-0.25, -0.2) is 5.43 Å². The van der Waals surface area contributed by atoms with Gasteiger partial charge in [-0.2, -0.15) is 5.10 Å². The van der Waals surface area contributed by atoms with Gasteiger partial charge in [0, 0.05) is 16.6 Å². The van der Waals surface area contributed by atoms with Crippen molar-refractivity contribution in [3.05, 3.63) is 32.3 Å². The molecule has 1 amide bonds. The predicted molar refractivity (Wildman–Crippen MR) is 101 cm³/mol. The molecule has 4 aliphatic rings. The van der Waals surface area contributed by atoms with Gasteiger partial charge in [0.25, 0.3) is 5.69 Å². The molecular formula is C19H21BrN3O4-. The molecule has 1 aromatic rings. The molecule has 27 heavy (non-hydrogen) atoms. The Bertz CT molecular complexity index is 809. The average Bonchev–Trinajstić information content (AvgIpc) is 2.83. The van der Waals surface area contributed by atoms with Gasteiger partial charge in [-0.1, -0.05) is 34.5 Å². The molecule has 1 N–H and O–H groups in total. The molecule has 4 atom stereocenters. The first kappa shape index (κ1) is 18.4. The third-order valence-corrected chi connectivity index (χ3v) is 7.06. The van der Waals surface area contributed by atoms with Crippen LogP contribution in [-0.2, 0) is 4.79 Å². The van der Waals surface area contributed by atoms with Gasteiger partial charge in [0.1, 0.15) is 0 Å². The number of hydrogen-bond donors (Lipinski definition) is 1. The van der Waals surface area contributed by atoms with Gasteiger partial charge in [0.05, 0.1) is 16.6 Å². The van der Waals surface area contributed by atoms with Crippen molar-refractivity contribution in [2.24, 2.45) is 28.3 Å². The second kappa shape index (κ2) is 6.89. The number of hydrogen-bond acceptors (Lipinski definition) is 5. The van der Waals surface area contributed by atoms with Crippen molar-refractivity contribution in [3.8, 4) is 5.75 Å². The van der Waals surface area contributed by atoms with Gasteiger partial charge >= 0.3 is 0 Å². The molecule has 144 valence electrons. The monoisotopic (exact) mass is 434 g/mol. The van der Waals surface area contributed by atoms with Crippen molar-refractivity contribution in [1.82, 2.24) is 5.43 Å². The van der Waals surface area contributed by atoms with E-state index in [-0.39, 0.29) is 27.0 Å². The van der Waals surface area contributed by atoms with Crippen LogP contribution in [0.25, 0.3) is 0 Å². The SMILES string of the molecule is O=C(N/N=C\c1cc([N+](=O)[O-])cc(Br)c1[O-])C12CC3C[C@@H](CC[C@@H](C3)C1)C2. The lowest BCUT2D eigenvalue weighted by Gasteiger charge is -2.46. The molecule has 4 aliphatic carbocycles. The van der Waals surface area contributed by atoms with E-state index in [9.17, 15) is 20.0 Å². The number of nitrogens with zero attached hydrogens (tertiary/aromatic N) is 2. The summed E-state index contributed by atoms with van der Waals surface area (Å²) in [6.45, 7) is 0. The third kappa shape index (κ3) is 3.47. The molecule has 4 fully saturated rings. The summed E-state index contributed by atoms with van der Waals surface area (Å²) in [4.78, 5) is 23.3. The molecule has 0 spiro atoms. The molecule has 0 aromatic heterocycles. The van der Waals surface area contributed by atoms with E-state index < -0.39 is 10.7 Å². The maximum Gasteiger partial charge on any atom is 0.271 e. The molecule has 0 radical (unpaired) electrons. The first-order valence-corrected chi connectivity index (χ1v) is 10.1. The lowest BCUT2D eigenvalue weighted by atomic mass is 9.58. The Hall–Kier alpha value is -1.96. The Morgan fingerprint density at radius 1 is 1.22 bits per heavy atom. The normalized spacial score (nSPS) is 31.8. The number of non-ortho nitro benzene ring substituents is 1. The Labute approximate surface area is 165 Å². The van der Waals surface area contributed by atoms with Crippen LogP contribution in [0.3, 0.4) is 0 Å². The largest absolute Gasteiger partial charge is 0.871 e. The zero-order chi connectivity index (χ0) is 19.2. The molecule has 4 saturated carbocycles. The summed E-state index contributed by atoms with van der Waals surface area (Å²) >= 11 is 3.04. The third-order valence-electron chi connectivity index (χ3n) is 6.47. The summed E-state index contributed by atoms with van der Waals surface area (Å²) in [7, 11) is 0. The molecule has 8 heteroatoms. The smallest absolute Gasteiger partial charge is 0.271 e. The minimum atomic E-state index is -0.570. The number of carbonyl (C=O) groups excluding carboxylic acids is 1. The number of nitro benzene ring substituents is 1.